The Labute approximate surface area is 240 Å². The van der Waals surface area contributed by atoms with Crippen LogP contribution >= 0.6 is 0 Å². The molecule has 0 bridgehead atoms. The number of Topliss-reactive ketones (excluding diaryl/α,β-unsaturated/α-hetero) is 1. The lowest BCUT2D eigenvalue weighted by Gasteiger charge is -2.32. The first kappa shape index (κ1) is 31.8. The summed E-state index contributed by atoms with van der Waals surface area (Å²) in [6.07, 6.45) is 16.9. The molecule has 1 aromatic heterocycles. The van der Waals surface area contributed by atoms with E-state index in [1.54, 1.807) is 6.92 Å². The van der Waals surface area contributed by atoms with Crippen LogP contribution in [-0.4, -0.2) is 58.8 Å². The zero-order valence-corrected chi connectivity index (χ0v) is 24.8. The molecule has 1 aliphatic heterocycles. The monoisotopic (exact) mass is 551 g/mol. The topological polar surface area (TPSA) is 88.2 Å². The number of hydrogen-bond donors (Lipinski definition) is 1. The SMILES string of the molecule is C/C=C\C.CC(=NCCO)c1cnc(C(=O)CCCC2CCN(Cc3cccc(OC4CCCCC4)c3)CC2)o1. The van der Waals surface area contributed by atoms with Crippen molar-refractivity contribution in [2.24, 2.45) is 10.9 Å². The van der Waals surface area contributed by atoms with Crippen LogP contribution in [-0.2, 0) is 6.54 Å². The summed E-state index contributed by atoms with van der Waals surface area (Å²) in [6, 6.07) is 8.65. The average Bonchev–Trinajstić information content (AvgIpc) is 3.48. The summed E-state index contributed by atoms with van der Waals surface area (Å²) in [6.45, 7) is 9.26. The molecule has 220 valence electrons. The largest absolute Gasteiger partial charge is 0.490 e. The Morgan fingerprint density at radius 1 is 1.15 bits per heavy atom. The van der Waals surface area contributed by atoms with Gasteiger partial charge in [-0.05, 0) is 109 Å². The van der Waals surface area contributed by atoms with E-state index in [9.17, 15) is 4.79 Å². The Kier molecular flexibility index (Phi) is 14.1. The van der Waals surface area contributed by atoms with Gasteiger partial charge in [-0.2, -0.15) is 0 Å². The second kappa shape index (κ2) is 17.8. The van der Waals surface area contributed by atoms with Gasteiger partial charge < -0.3 is 14.3 Å². The van der Waals surface area contributed by atoms with Gasteiger partial charge in [-0.3, -0.25) is 14.7 Å². The maximum Gasteiger partial charge on any atom is 0.263 e. The van der Waals surface area contributed by atoms with Crippen LogP contribution in [0.5, 0.6) is 5.75 Å². The predicted molar refractivity (Wildman–Crippen MR) is 161 cm³/mol. The molecule has 7 nitrogen and oxygen atoms in total. The normalized spacial score (nSPS) is 17.6. The number of benzene rings is 1. The Hall–Kier alpha value is -2.77. The zero-order valence-electron chi connectivity index (χ0n) is 24.8. The van der Waals surface area contributed by atoms with Crippen molar-refractivity contribution in [1.29, 1.82) is 0 Å². The minimum atomic E-state index is -0.0519. The number of ketones is 1. The van der Waals surface area contributed by atoms with E-state index in [-0.39, 0.29) is 18.3 Å². The summed E-state index contributed by atoms with van der Waals surface area (Å²) in [7, 11) is 0. The highest BCUT2D eigenvalue weighted by Crippen LogP contribution is 2.27. The summed E-state index contributed by atoms with van der Waals surface area (Å²) >= 11 is 0. The van der Waals surface area contributed by atoms with Crippen molar-refractivity contribution in [3.63, 3.8) is 0 Å². The third-order valence-corrected chi connectivity index (χ3v) is 7.77. The molecule has 2 heterocycles. The summed E-state index contributed by atoms with van der Waals surface area (Å²) < 4.78 is 11.8. The number of carbonyl (C=O) groups excluding carboxylic acids is 1. The van der Waals surface area contributed by atoms with Crippen LogP contribution in [0.3, 0.4) is 0 Å². The van der Waals surface area contributed by atoms with Gasteiger partial charge in [0.15, 0.2) is 5.76 Å². The molecule has 2 fully saturated rings. The highest BCUT2D eigenvalue weighted by Gasteiger charge is 2.21. The Balaban J connectivity index is 0.00000103. The maximum absolute atomic E-state index is 12.5. The summed E-state index contributed by atoms with van der Waals surface area (Å²) in [5.74, 6) is 2.29. The number of oxazole rings is 1. The van der Waals surface area contributed by atoms with Crippen molar-refractivity contribution in [2.45, 2.75) is 97.6 Å². The molecule has 0 spiro atoms. The van der Waals surface area contributed by atoms with Crippen LogP contribution in [0, 0.1) is 5.92 Å². The summed E-state index contributed by atoms with van der Waals surface area (Å²) in [5.41, 5.74) is 1.97. The van der Waals surface area contributed by atoms with Gasteiger partial charge in [0.1, 0.15) is 5.75 Å². The predicted octanol–water partition coefficient (Wildman–Crippen LogP) is 7.04. The van der Waals surface area contributed by atoms with Crippen LogP contribution in [0.15, 0.2) is 52.0 Å². The van der Waals surface area contributed by atoms with E-state index in [1.807, 2.05) is 26.0 Å². The quantitative estimate of drug-likeness (QED) is 0.173. The van der Waals surface area contributed by atoms with Crippen molar-refractivity contribution < 1.29 is 19.1 Å². The first-order valence-corrected chi connectivity index (χ1v) is 15.2. The Morgan fingerprint density at radius 2 is 1.90 bits per heavy atom. The number of piperidine rings is 1. The molecule has 0 amide bonds. The number of rotatable bonds is 12. The Bertz CT molecular complexity index is 1060. The van der Waals surface area contributed by atoms with Gasteiger partial charge >= 0.3 is 0 Å². The highest BCUT2D eigenvalue weighted by molar-refractivity contribution is 5.97. The second-order valence-electron chi connectivity index (χ2n) is 10.9. The van der Waals surface area contributed by atoms with Gasteiger partial charge in [-0.25, -0.2) is 4.98 Å². The van der Waals surface area contributed by atoms with Crippen molar-refractivity contribution >= 4 is 11.5 Å². The van der Waals surface area contributed by atoms with Crippen molar-refractivity contribution in [3.05, 3.63) is 59.8 Å². The molecule has 0 atom stereocenters. The molecule has 1 N–H and O–H groups in total. The molecule has 7 heteroatoms. The lowest BCUT2D eigenvalue weighted by atomic mass is 9.91. The number of aliphatic hydroxyl groups is 1. The number of likely N-dealkylation sites (tertiary alicyclic amines) is 1. The number of nitrogens with zero attached hydrogens (tertiary/aromatic N) is 3. The van der Waals surface area contributed by atoms with Crippen LogP contribution in [0.1, 0.15) is 107 Å². The van der Waals surface area contributed by atoms with Gasteiger partial charge in [0.05, 0.1) is 31.2 Å². The van der Waals surface area contributed by atoms with Gasteiger partial charge in [-0.1, -0.05) is 30.7 Å². The molecule has 0 unspecified atom stereocenters. The fourth-order valence-corrected chi connectivity index (χ4v) is 5.31. The fourth-order valence-electron chi connectivity index (χ4n) is 5.31. The molecule has 4 rings (SSSR count). The standard InChI is InChI=1S/C29H41N3O4.C4H8/c1-22(30-15-18-33)28-20-31-29(36-28)27(34)12-6-7-23-13-16-32(17-14-23)21-24-8-5-11-26(19-24)35-25-9-3-2-4-10-25;1-3-4-2/h5,8,11,19-20,23,25,33H,2-4,6-7,9-10,12-18,21H2,1H3;3-4H,1-2H3/b;4-3-. The number of aromatic nitrogens is 1. The molecule has 2 aromatic rings. The fraction of sp³-hybridized carbons (Fsp3) is 0.606. The number of allylic oxidation sites excluding steroid dienone is 2. The van der Waals surface area contributed by atoms with Crippen LogP contribution < -0.4 is 4.74 Å². The van der Waals surface area contributed by atoms with E-state index in [4.69, 9.17) is 14.3 Å². The molecule has 1 aliphatic carbocycles. The summed E-state index contributed by atoms with van der Waals surface area (Å²) in [4.78, 5) is 23.3. The third-order valence-electron chi connectivity index (χ3n) is 7.77. The van der Waals surface area contributed by atoms with Gasteiger partial charge in [-0.15, -0.1) is 0 Å². The molecule has 40 heavy (non-hydrogen) atoms. The van der Waals surface area contributed by atoms with E-state index >= 15 is 0 Å². The van der Waals surface area contributed by atoms with Crippen LogP contribution in [0.2, 0.25) is 0 Å². The van der Waals surface area contributed by atoms with E-state index in [0.29, 0.717) is 36.5 Å². The number of aliphatic imine (C=N–C) groups is 1. The van der Waals surface area contributed by atoms with E-state index in [2.05, 4.69) is 39.1 Å². The summed E-state index contributed by atoms with van der Waals surface area (Å²) in [5, 5.41) is 8.89. The molecule has 2 aliphatic rings. The van der Waals surface area contributed by atoms with Crippen molar-refractivity contribution in [3.8, 4) is 5.75 Å². The van der Waals surface area contributed by atoms with Crippen LogP contribution in [0.4, 0.5) is 0 Å². The molecular formula is C33H49N3O4. The van der Waals surface area contributed by atoms with Gasteiger partial charge in [0.2, 0.25) is 5.78 Å². The number of aliphatic hydroxyl groups excluding tert-OH is 1. The molecule has 1 saturated heterocycles. The third kappa shape index (κ3) is 11.0. The van der Waals surface area contributed by atoms with Gasteiger partial charge in [0, 0.05) is 13.0 Å². The number of ether oxygens (including phenoxy) is 1. The maximum atomic E-state index is 12.5. The average molecular weight is 552 g/mol. The molecular weight excluding hydrogens is 502 g/mol. The molecule has 1 saturated carbocycles. The van der Waals surface area contributed by atoms with Gasteiger partial charge in [0.25, 0.3) is 5.89 Å². The zero-order chi connectivity index (χ0) is 28.6. The first-order chi connectivity index (χ1) is 19.5. The minimum Gasteiger partial charge on any atom is -0.490 e. The second-order valence-corrected chi connectivity index (χ2v) is 10.9. The lowest BCUT2D eigenvalue weighted by Crippen LogP contribution is -2.33. The number of hydrogen-bond acceptors (Lipinski definition) is 7. The molecule has 0 radical (unpaired) electrons. The Morgan fingerprint density at radius 3 is 2.60 bits per heavy atom. The smallest absolute Gasteiger partial charge is 0.263 e. The van der Waals surface area contributed by atoms with Crippen LogP contribution in [0.25, 0.3) is 0 Å². The minimum absolute atomic E-state index is 0.0152. The molecule has 1 aromatic carbocycles. The highest BCUT2D eigenvalue weighted by atomic mass is 16.5. The van der Waals surface area contributed by atoms with E-state index in [0.717, 1.165) is 38.2 Å². The van der Waals surface area contributed by atoms with E-state index in [1.165, 1.54) is 56.7 Å². The first-order valence-electron chi connectivity index (χ1n) is 15.2. The van der Waals surface area contributed by atoms with Crippen molar-refractivity contribution in [1.82, 2.24) is 9.88 Å². The van der Waals surface area contributed by atoms with E-state index < -0.39 is 0 Å². The lowest BCUT2D eigenvalue weighted by molar-refractivity contribution is 0.0940. The van der Waals surface area contributed by atoms with Crippen molar-refractivity contribution in [2.75, 3.05) is 26.2 Å². The number of carbonyl (C=O) groups is 1.